The van der Waals surface area contributed by atoms with Crippen LogP contribution in [0, 0.1) is 0 Å². The van der Waals surface area contributed by atoms with Gasteiger partial charge in [0.05, 0.1) is 18.1 Å². The number of alkyl carbamates (subject to hydrolysis) is 1. The van der Waals surface area contributed by atoms with Crippen molar-refractivity contribution in [2.24, 2.45) is 0 Å². The highest BCUT2D eigenvalue weighted by molar-refractivity contribution is 5.90. The van der Waals surface area contributed by atoms with Crippen LogP contribution in [0.5, 0.6) is 0 Å². The smallest absolute Gasteiger partial charge is 0.407 e. The van der Waals surface area contributed by atoms with Crippen LogP contribution >= 0.6 is 0 Å². The topological polar surface area (TPSA) is 93.2 Å². The molecule has 0 fully saturated rings. The Morgan fingerprint density at radius 1 is 1.08 bits per heavy atom. The van der Waals surface area contributed by atoms with Crippen molar-refractivity contribution in [3.8, 4) is 11.4 Å². The lowest BCUT2D eigenvalue weighted by Gasteiger charge is -2.19. The number of hydrogen-bond acceptors (Lipinski definition) is 5. The fourth-order valence-corrected chi connectivity index (χ4v) is 1.94. The summed E-state index contributed by atoms with van der Waals surface area (Å²) in [5.74, 6) is 0.345. The predicted molar refractivity (Wildman–Crippen MR) is 95.0 cm³/mol. The van der Waals surface area contributed by atoms with Crippen molar-refractivity contribution >= 4 is 17.7 Å². The molecule has 2 rings (SSSR count). The quantitative estimate of drug-likeness (QED) is 0.871. The molecule has 7 heteroatoms. The molecule has 0 aliphatic rings. The number of benzene rings is 1. The Bertz CT molecular complexity index is 709. The molecule has 1 heterocycles. The molecule has 0 aliphatic carbocycles. The summed E-state index contributed by atoms with van der Waals surface area (Å²) in [5.41, 5.74) is 0.841. The lowest BCUT2D eigenvalue weighted by atomic mass is 10.2. The van der Waals surface area contributed by atoms with Gasteiger partial charge in [-0.3, -0.25) is 4.79 Å². The van der Waals surface area contributed by atoms with Crippen molar-refractivity contribution in [1.82, 2.24) is 15.3 Å². The van der Waals surface area contributed by atoms with E-state index in [0.717, 1.165) is 5.56 Å². The second-order valence-electron chi connectivity index (χ2n) is 6.39. The summed E-state index contributed by atoms with van der Waals surface area (Å²) >= 11 is 0. The van der Waals surface area contributed by atoms with Crippen LogP contribution in [0.1, 0.15) is 27.2 Å². The third-order valence-corrected chi connectivity index (χ3v) is 2.99. The molecule has 132 valence electrons. The molecule has 2 aromatic rings. The number of nitrogens with one attached hydrogen (secondary N) is 2. The second kappa shape index (κ2) is 8.23. The third kappa shape index (κ3) is 6.58. The predicted octanol–water partition coefficient (Wildman–Crippen LogP) is 3.00. The summed E-state index contributed by atoms with van der Waals surface area (Å²) in [6.07, 6.45) is 2.68. The van der Waals surface area contributed by atoms with Crippen molar-refractivity contribution in [2.45, 2.75) is 32.8 Å². The molecule has 1 aromatic heterocycles. The van der Waals surface area contributed by atoms with Crippen LogP contribution in [-0.4, -0.2) is 34.1 Å². The van der Waals surface area contributed by atoms with Gasteiger partial charge in [-0.1, -0.05) is 30.3 Å². The number of rotatable bonds is 5. The van der Waals surface area contributed by atoms with Gasteiger partial charge in [-0.15, -0.1) is 0 Å². The van der Waals surface area contributed by atoms with E-state index >= 15 is 0 Å². The summed E-state index contributed by atoms with van der Waals surface area (Å²) in [6.45, 7) is 5.51. The van der Waals surface area contributed by atoms with Gasteiger partial charge in [0.15, 0.2) is 5.82 Å². The van der Waals surface area contributed by atoms with E-state index in [1.807, 2.05) is 30.3 Å². The molecule has 7 nitrogen and oxygen atoms in total. The average Bonchev–Trinajstić information content (AvgIpc) is 2.54. The lowest BCUT2D eigenvalue weighted by Crippen LogP contribution is -2.34. The molecule has 1 aromatic carbocycles. The van der Waals surface area contributed by atoms with Gasteiger partial charge in [0.1, 0.15) is 5.60 Å². The second-order valence-corrected chi connectivity index (χ2v) is 6.39. The van der Waals surface area contributed by atoms with Gasteiger partial charge in [0.25, 0.3) is 0 Å². The van der Waals surface area contributed by atoms with Crippen molar-refractivity contribution in [3.05, 3.63) is 42.7 Å². The first-order valence-corrected chi connectivity index (χ1v) is 7.98. The maximum absolute atomic E-state index is 11.9. The maximum Gasteiger partial charge on any atom is 0.407 e. The van der Waals surface area contributed by atoms with E-state index in [9.17, 15) is 9.59 Å². The van der Waals surface area contributed by atoms with Gasteiger partial charge in [-0.05, 0) is 20.8 Å². The van der Waals surface area contributed by atoms with Crippen molar-refractivity contribution in [1.29, 1.82) is 0 Å². The Kier molecular flexibility index (Phi) is 6.05. The van der Waals surface area contributed by atoms with E-state index in [-0.39, 0.29) is 18.9 Å². The van der Waals surface area contributed by atoms with Crippen LogP contribution in [-0.2, 0) is 9.53 Å². The van der Waals surface area contributed by atoms with Crippen LogP contribution < -0.4 is 10.6 Å². The van der Waals surface area contributed by atoms with Gasteiger partial charge in [0, 0.05) is 18.5 Å². The molecule has 0 saturated heterocycles. The van der Waals surface area contributed by atoms with Crippen LogP contribution in [0.4, 0.5) is 10.5 Å². The zero-order valence-corrected chi connectivity index (χ0v) is 14.6. The molecule has 25 heavy (non-hydrogen) atoms. The van der Waals surface area contributed by atoms with E-state index in [4.69, 9.17) is 4.74 Å². The van der Waals surface area contributed by atoms with Gasteiger partial charge < -0.3 is 15.4 Å². The highest BCUT2D eigenvalue weighted by Gasteiger charge is 2.15. The van der Waals surface area contributed by atoms with E-state index in [1.165, 1.54) is 0 Å². The zero-order chi connectivity index (χ0) is 18.3. The first-order valence-electron chi connectivity index (χ1n) is 7.98. The van der Waals surface area contributed by atoms with E-state index in [2.05, 4.69) is 20.6 Å². The molecule has 0 atom stereocenters. The van der Waals surface area contributed by atoms with Crippen molar-refractivity contribution in [3.63, 3.8) is 0 Å². The monoisotopic (exact) mass is 342 g/mol. The van der Waals surface area contributed by atoms with Crippen LogP contribution in [0.15, 0.2) is 42.7 Å². The van der Waals surface area contributed by atoms with E-state index < -0.39 is 11.7 Å². The largest absolute Gasteiger partial charge is 0.444 e. The number of carbonyl (C=O) groups excluding carboxylic acids is 2. The normalized spacial score (nSPS) is 10.8. The Labute approximate surface area is 146 Å². The zero-order valence-electron chi connectivity index (χ0n) is 14.6. The van der Waals surface area contributed by atoms with E-state index in [0.29, 0.717) is 11.5 Å². The van der Waals surface area contributed by atoms with Crippen molar-refractivity contribution in [2.75, 3.05) is 11.9 Å². The molecular weight excluding hydrogens is 320 g/mol. The highest BCUT2D eigenvalue weighted by Crippen LogP contribution is 2.14. The minimum atomic E-state index is -0.565. The van der Waals surface area contributed by atoms with E-state index in [1.54, 1.807) is 33.2 Å². The standard InChI is InChI=1S/C18H22N4O3/c1-18(2,3)25-17(24)19-10-9-15(23)22-14-11-20-16(21-12-14)13-7-5-4-6-8-13/h4-8,11-12H,9-10H2,1-3H3,(H,19,24)(H,22,23). The summed E-state index contributed by atoms with van der Waals surface area (Å²) in [7, 11) is 0. The Balaban J connectivity index is 1.78. The first-order chi connectivity index (χ1) is 11.8. The summed E-state index contributed by atoms with van der Waals surface area (Å²) in [6, 6.07) is 9.56. The molecule has 0 spiro atoms. The van der Waals surface area contributed by atoms with Crippen LogP contribution in [0.2, 0.25) is 0 Å². The number of anilines is 1. The summed E-state index contributed by atoms with van der Waals surface area (Å²) < 4.78 is 5.09. The first kappa shape index (κ1) is 18.4. The van der Waals surface area contributed by atoms with Crippen molar-refractivity contribution < 1.29 is 14.3 Å². The number of hydrogen-bond donors (Lipinski definition) is 2. The number of amides is 2. The molecular formula is C18H22N4O3. The summed E-state index contributed by atoms with van der Waals surface area (Å²) in [4.78, 5) is 31.8. The van der Waals surface area contributed by atoms with Gasteiger partial charge >= 0.3 is 6.09 Å². The molecule has 0 unspecified atom stereocenters. The number of nitrogens with zero attached hydrogens (tertiary/aromatic N) is 2. The summed E-state index contributed by atoms with van der Waals surface area (Å²) in [5, 5.41) is 5.22. The molecule has 2 amide bonds. The fraction of sp³-hybridized carbons (Fsp3) is 0.333. The maximum atomic E-state index is 11.9. The van der Waals surface area contributed by atoms with Crippen LogP contribution in [0.3, 0.4) is 0 Å². The van der Waals surface area contributed by atoms with Gasteiger partial charge in [-0.2, -0.15) is 0 Å². The minimum absolute atomic E-state index is 0.125. The van der Waals surface area contributed by atoms with Gasteiger partial charge in [-0.25, -0.2) is 14.8 Å². The molecule has 0 bridgehead atoms. The Morgan fingerprint density at radius 3 is 2.32 bits per heavy atom. The molecule has 2 N–H and O–H groups in total. The lowest BCUT2D eigenvalue weighted by molar-refractivity contribution is -0.116. The number of aromatic nitrogens is 2. The third-order valence-electron chi connectivity index (χ3n) is 2.99. The number of ether oxygens (including phenoxy) is 1. The van der Waals surface area contributed by atoms with Crippen LogP contribution in [0.25, 0.3) is 11.4 Å². The Morgan fingerprint density at radius 2 is 1.72 bits per heavy atom. The Hall–Kier alpha value is -2.96. The van der Waals surface area contributed by atoms with Gasteiger partial charge in [0.2, 0.25) is 5.91 Å². The fourth-order valence-electron chi connectivity index (χ4n) is 1.94. The highest BCUT2D eigenvalue weighted by atomic mass is 16.6. The molecule has 0 aliphatic heterocycles. The molecule has 0 radical (unpaired) electrons. The molecule has 0 saturated carbocycles. The minimum Gasteiger partial charge on any atom is -0.444 e. The SMILES string of the molecule is CC(C)(C)OC(=O)NCCC(=O)Nc1cnc(-c2ccccc2)nc1. The average molecular weight is 342 g/mol. The number of carbonyl (C=O) groups is 2.